The number of hydrogen-bond donors (Lipinski definition) is 1. The molecule has 3 heteroatoms. The quantitative estimate of drug-likeness (QED) is 0.918. The van der Waals surface area contributed by atoms with Crippen molar-refractivity contribution in [2.45, 2.75) is 38.6 Å². The molecular weight excluding hydrogens is 284 g/mol. The highest BCUT2D eigenvalue weighted by Crippen LogP contribution is 2.21. The first-order valence-electron chi connectivity index (χ1n) is 8.76. The van der Waals surface area contributed by atoms with Crippen LogP contribution in [0.2, 0.25) is 0 Å². The van der Waals surface area contributed by atoms with Crippen LogP contribution in [0.3, 0.4) is 0 Å². The van der Waals surface area contributed by atoms with E-state index >= 15 is 0 Å². The fraction of sp³-hybridized carbons (Fsp3) is 0.450. The van der Waals surface area contributed by atoms with Crippen molar-refractivity contribution in [1.29, 1.82) is 0 Å². The Bertz CT molecular complexity index is 656. The van der Waals surface area contributed by atoms with Gasteiger partial charge in [-0.05, 0) is 48.7 Å². The minimum Gasteiger partial charge on any atom is -0.339 e. The van der Waals surface area contributed by atoms with E-state index < -0.39 is 0 Å². The van der Waals surface area contributed by atoms with Crippen LogP contribution in [0.4, 0.5) is 0 Å². The third-order valence-electron chi connectivity index (χ3n) is 4.76. The number of amides is 1. The molecule has 1 amide bonds. The molecule has 1 N–H and O–H groups in total. The second-order valence-corrected chi connectivity index (χ2v) is 6.38. The smallest absolute Gasteiger partial charge is 0.227 e. The van der Waals surface area contributed by atoms with E-state index in [2.05, 4.69) is 47.5 Å². The Morgan fingerprint density at radius 3 is 2.65 bits per heavy atom. The molecule has 0 bridgehead atoms. The van der Waals surface area contributed by atoms with Crippen molar-refractivity contribution in [3.8, 4) is 0 Å². The number of carbonyl (C=O) groups excluding carboxylic acids is 1. The average Bonchev–Trinajstić information content (AvgIpc) is 2.60. The van der Waals surface area contributed by atoms with Crippen LogP contribution in [0.15, 0.2) is 42.5 Å². The van der Waals surface area contributed by atoms with Crippen molar-refractivity contribution >= 4 is 16.7 Å². The summed E-state index contributed by atoms with van der Waals surface area (Å²) in [5.74, 6) is 0.273. The van der Waals surface area contributed by atoms with Gasteiger partial charge < -0.3 is 10.2 Å². The second-order valence-electron chi connectivity index (χ2n) is 6.38. The lowest BCUT2D eigenvalue weighted by Crippen LogP contribution is -2.47. The summed E-state index contributed by atoms with van der Waals surface area (Å²) >= 11 is 0. The van der Waals surface area contributed by atoms with Crippen molar-refractivity contribution in [3.05, 3.63) is 48.0 Å². The van der Waals surface area contributed by atoms with Gasteiger partial charge in [0.1, 0.15) is 0 Å². The molecule has 23 heavy (non-hydrogen) atoms. The zero-order chi connectivity index (χ0) is 16.1. The molecule has 1 aliphatic rings. The van der Waals surface area contributed by atoms with Gasteiger partial charge in [-0.25, -0.2) is 0 Å². The highest BCUT2D eigenvalue weighted by Gasteiger charge is 2.24. The molecule has 1 fully saturated rings. The molecule has 0 spiro atoms. The van der Waals surface area contributed by atoms with E-state index in [0.29, 0.717) is 12.5 Å². The van der Waals surface area contributed by atoms with Crippen molar-refractivity contribution in [2.75, 3.05) is 19.6 Å². The predicted molar refractivity (Wildman–Crippen MR) is 95.5 cm³/mol. The molecule has 0 aliphatic carbocycles. The third kappa shape index (κ3) is 3.73. The van der Waals surface area contributed by atoms with Gasteiger partial charge in [-0.3, -0.25) is 4.79 Å². The monoisotopic (exact) mass is 310 g/mol. The van der Waals surface area contributed by atoms with E-state index in [4.69, 9.17) is 0 Å². The Hall–Kier alpha value is -1.87. The van der Waals surface area contributed by atoms with Crippen molar-refractivity contribution in [3.63, 3.8) is 0 Å². The molecule has 2 aromatic rings. The number of nitrogens with one attached hydrogen (secondary N) is 1. The van der Waals surface area contributed by atoms with Crippen LogP contribution in [-0.2, 0) is 11.2 Å². The van der Waals surface area contributed by atoms with Gasteiger partial charge in [0.2, 0.25) is 5.91 Å². The van der Waals surface area contributed by atoms with E-state index in [9.17, 15) is 4.79 Å². The minimum atomic E-state index is 0.273. The largest absolute Gasteiger partial charge is 0.339 e. The maximum Gasteiger partial charge on any atom is 0.227 e. The van der Waals surface area contributed by atoms with Gasteiger partial charge in [-0.15, -0.1) is 0 Å². The highest BCUT2D eigenvalue weighted by atomic mass is 16.2. The Morgan fingerprint density at radius 1 is 1.13 bits per heavy atom. The second kappa shape index (κ2) is 7.60. The van der Waals surface area contributed by atoms with Gasteiger partial charge in [-0.1, -0.05) is 49.4 Å². The van der Waals surface area contributed by atoms with Crippen molar-refractivity contribution < 1.29 is 4.79 Å². The van der Waals surface area contributed by atoms with Crippen LogP contribution >= 0.6 is 0 Å². The SMILES string of the molecule is CCCN(C(=O)Cc1cccc2ccccc12)C1CCNCC1. The topological polar surface area (TPSA) is 32.3 Å². The molecule has 0 radical (unpaired) electrons. The van der Waals surface area contributed by atoms with Gasteiger partial charge in [0, 0.05) is 12.6 Å². The van der Waals surface area contributed by atoms with Gasteiger partial charge in [0.15, 0.2) is 0 Å². The first kappa shape index (κ1) is 16.0. The molecule has 1 saturated heterocycles. The lowest BCUT2D eigenvalue weighted by atomic mass is 9.99. The Labute approximate surface area is 138 Å². The molecule has 3 nitrogen and oxygen atoms in total. The maximum absolute atomic E-state index is 13.0. The number of carbonyl (C=O) groups is 1. The minimum absolute atomic E-state index is 0.273. The number of piperidine rings is 1. The summed E-state index contributed by atoms with van der Waals surface area (Å²) in [5.41, 5.74) is 1.14. The summed E-state index contributed by atoms with van der Waals surface area (Å²) < 4.78 is 0. The van der Waals surface area contributed by atoms with Crippen LogP contribution in [0.5, 0.6) is 0 Å². The van der Waals surface area contributed by atoms with E-state index in [1.165, 1.54) is 10.8 Å². The van der Waals surface area contributed by atoms with Crippen LogP contribution in [-0.4, -0.2) is 36.5 Å². The van der Waals surface area contributed by atoms with Crippen molar-refractivity contribution in [2.24, 2.45) is 0 Å². The molecule has 0 atom stereocenters. The van der Waals surface area contributed by atoms with Crippen LogP contribution in [0, 0.1) is 0 Å². The van der Waals surface area contributed by atoms with Crippen LogP contribution < -0.4 is 5.32 Å². The fourth-order valence-electron chi connectivity index (χ4n) is 3.58. The lowest BCUT2D eigenvalue weighted by molar-refractivity contribution is -0.133. The van der Waals surface area contributed by atoms with E-state index in [1.807, 2.05) is 12.1 Å². The molecule has 0 saturated carbocycles. The first-order chi connectivity index (χ1) is 11.3. The van der Waals surface area contributed by atoms with Crippen LogP contribution in [0.25, 0.3) is 10.8 Å². The Balaban J connectivity index is 1.80. The Morgan fingerprint density at radius 2 is 1.87 bits per heavy atom. The summed E-state index contributed by atoms with van der Waals surface area (Å²) in [6.07, 6.45) is 3.67. The zero-order valence-corrected chi connectivity index (χ0v) is 13.9. The number of fused-ring (bicyclic) bond motifs is 1. The Kier molecular flexibility index (Phi) is 5.29. The number of hydrogen-bond acceptors (Lipinski definition) is 2. The van der Waals surface area contributed by atoms with Crippen LogP contribution in [0.1, 0.15) is 31.7 Å². The normalized spacial score (nSPS) is 15.7. The first-order valence-corrected chi connectivity index (χ1v) is 8.76. The predicted octanol–water partition coefficient (Wildman–Crippen LogP) is 3.37. The van der Waals surface area contributed by atoms with Gasteiger partial charge in [0.05, 0.1) is 6.42 Å². The fourth-order valence-corrected chi connectivity index (χ4v) is 3.58. The summed E-state index contributed by atoms with van der Waals surface area (Å²) in [7, 11) is 0. The van der Waals surface area contributed by atoms with Gasteiger partial charge in [-0.2, -0.15) is 0 Å². The molecule has 3 rings (SSSR count). The van der Waals surface area contributed by atoms with Crippen molar-refractivity contribution in [1.82, 2.24) is 10.2 Å². The highest BCUT2D eigenvalue weighted by molar-refractivity contribution is 5.90. The lowest BCUT2D eigenvalue weighted by Gasteiger charge is -2.34. The summed E-state index contributed by atoms with van der Waals surface area (Å²) in [5, 5.41) is 5.80. The molecule has 0 unspecified atom stereocenters. The molecule has 1 heterocycles. The standard InChI is InChI=1S/C20H26N2O/c1-2-14-22(18-10-12-21-13-11-18)20(23)15-17-8-5-7-16-6-3-4-9-19(16)17/h3-9,18,21H,2,10-15H2,1H3. The summed E-state index contributed by atoms with van der Waals surface area (Å²) in [4.78, 5) is 15.1. The average molecular weight is 310 g/mol. The summed E-state index contributed by atoms with van der Waals surface area (Å²) in [6, 6.07) is 15.0. The van der Waals surface area contributed by atoms with Gasteiger partial charge in [0.25, 0.3) is 0 Å². The number of benzene rings is 2. The van der Waals surface area contributed by atoms with E-state index in [0.717, 1.165) is 44.5 Å². The molecule has 0 aromatic heterocycles. The maximum atomic E-state index is 13.0. The van der Waals surface area contributed by atoms with E-state index in [-0.39, 0.29) is 5.91 Å². The number of nitrogens with zero attached hydrogens (tertiary/aromatic N) is 1. The third-order valence-corrected chi connectivity index (χ3v) is 4.76. The molecule has 1 aliphatic heterocycles. The van der Waals surface area contributed by atoms with E-state index in [1.54, 1.807) is 0 Å². The summed E-state index contributed by atoms with van der Waals surface area (Å²) in [6.45, 7) is 5.06. The number of rotatable bonds is 5. The molecule has 122 valence electrons. The molecular formula is C20H26N2O. The molecule has 2 aromatic carbocycles. The zero-order valence-electron chi connectivity index (χ0n) is 13.9. The van der Waals surface area contributed by atoms with Gasteiger partial charge >= 0.3 is 0 Å².